The fourth-order valence-corrected chi connectivity index (χ4v) is 2.92. The smallest absolute Gasteiger partial charge is 0.282 e. The Balaban J connectivity index is 2.24. The maximum absolute atomic E-state index is 11.6. The second-order valence-electron chi connectivity index (χ2n) is 4.90. The molecule has 0 saturated heterocycles. The number of rotatable bonds is 4. The Morgan fingerprint density at radius 3 is 2.21 bits per heavy atom. The SMILES string of the molecule is [N]=Nc1ccccc1N=Nc1c(S(=O)(=O)O)ccc2ccccc12. The summed E-state index contributed by atoms with van der Waals surface area (Å²) in [6.07, 6.45) is 0. The van der Waals surface area contributed by atoms with Crippen molar-refractivity contribution >= 4 is 38.0 Å². The van der Waals surface area contributed by atoms with Gasteiger partial charge in [-0.1, -0.05) is 42.5 Å². The third-order valence-electron chi connectivity index (χ3n) is 3.39. The van der Waals surface area contributed by atoms with Crippen LogP contribution in [-0.4, -0.2) is 13.0 Å². The van der Waals surface area contributed by atoms with Crippen LogP contribution in [0.4, 0.5) is 17.1 Å². The molecule has 0 heterocycles. The summed E-state index contributed by atoms with van der Waals surface area (Å²) in [5.41, 5.74) is 9.42. The molecule has 0 unspecified atom stereocenters. The molecule has 0 spiro atoms. The van der Waals surface area contributed by atoms with E-state index in [2.05, 4.69) is 15.3 Å². The van der Waals surface area contributed by atoms with E-state index < -0.39 is 10.1 Å². The fraction of sp³-hybridized carbons (Fsp3) is 0. The lowest BCUT2D eigenvalue weighted by atomic mass is 10.1. The number of hydrogen-bond donors (Lipinski definition) is 1. The van der Waals surface area contributed by atoms with Crippen molar-refractivity contribution in [3.8, 4) is 0 Å². The van der Waals surface area contributed by atoms with Crippen LogP contribution >= 0.6 is 0 Å². The van der Waals surface area contributed by atoms with Gasteiger partial charge in [0.25, 0.3) is 10.1 Å². The summed E-state index contributed by atoms with van der Waals surface area (Å²) in [5.74, 6) is 0. The van der Waals surface area contributed by atoms with Crippen LogP contribution in [0.2, 0.25) is 0 Å². The quantitative estimate of drug-likeness (QED) is 0.561. The highest BCUT2D eigenvalue weighted by molar-refractivity contribution is 7.86. The third-order valence-corrected chi connectivity index (χ3v) is 4.27. The predicted octanol–water partition coefficient (Wildman–Crippen LogP) is 4.39. The molecule has 3 aromatic carbocycles. The molecule has 0 saturated carbocycles. The van der Waals surface area contributed by atoms with E-state index in [1.165, 1.54) is 12.1 Å². The van der Waals surface area contributed by atoms with E-state index in [0.717, 1.165) is 5.39 Å². The molecule has 3 aromatic rings. The van der Waals surface area contributed by atoms with Gasteiger partial charge in [-0.05, 0) is 29.1 Å². The van der Waals surface area contributed by atoms with Crippen LogP contribution < -0.4 is 5.53 Å². The monoisotopic (exact) mass is 339 g/mol. The summed E-state index contributed by atoms with van der Waals surface area (Å²) in [4.78, 5) is -0.344. The van der Waals surface area contributed by atoms with E-state index in [1.54, 1.807) is 48.5 Å². The average Bonchev–Trinajstić information content (AvgIpc) is 2.58. The Hall–Kier alpha value is -2.97. The van der Waals surface area contributed by atoms with Gasteiger partial charge in [0.1, 0.15) is 22.0 Å². The zero-order chi connectivity index (χ0) is 17.2. The number of nitrogens with zero attached hydrogens (tertiary/aromatic N) is 4. The molecule has 1 N–H and O–H groups in total. The van der Waals surface area contributed by atoms with Gasteiger partial charge in [0.05, 0.1) is 0 Å². The van der Waals surface area contributed by atoms with Gasteiger partial charge in [-0.3, -0.25) is 4.55 Å². The molecule has 8 heteroatoms. The normalized spacial score (nSPS) is 11.9. The van der Waals surface area contributed by atoms with E-state index in [4.69, 9.17) is 5.53 Å². The third kappa shape index (κ3) is 3.05. The first-order chi connectivity index (χ1) is 11.5. The molecular weight excluding hydrogens is 328 g/mol. The minimum atomic E-state index is -4.47. The van der Waals surface area contributed by atoms with Crippen LogP contribution in [0.25, 0.3) is 10.8 Å². The summed E-state index contributed by atoms with van der Waals surface area (Å²) in [6, 6.07) is 16.3. The molecule has 0 aromatic heterocycles. The maximum atomic E-state index is 11.6. The van der Waals surface area contributed by atoms with Crippen molar-refractivity contribution in [3.05, 3.63) is 60.7 Å². The van der Waals surface area contributed by atoms with Crippen molar-refractivity contribution in [3.63, 3.8) is 0 Å². The molecule has 119 valence electrons. The fourth-order valence-electron chi connectivity index (χ4n) is 2.28. The van der Waals surface area contributed by atoms with Gasteiger partial charge in [-0.25, -0.2) is 0 Å². The van der Waals surface area contributed by atoms with Crippen LogP contribution in [0.3, 0.4) is 0 Å². The first-order valence-corrected chi connectivity index (χ1v) is 8.30. The lowest BCUT2D eigenvalue weighted by Crippen LogP contribution is -1.98. The molecule has 24 heavy (non-hydrogen) atoms. The second kappa shape index (κ2) is 6.26. The summed E-state index contributed by atoms with van der Waals surface area (Å²) in [5, 5.41) is 12.3. The van der Waals surface area contributed by atoms with Crippen molar-refractivity contribution in [1.29, 1.82) is 0 Å². The highest BCUT2D eigenvalue weighted by Gasteiger charge is 2.18. The van der Waals surface area contributed by atoms with E-state index in [9.17, 15) is 13.0 Å². The lowest BCUT2D eigenvalue weighted by Gasteiger charge is -2.06. The number of azo groups is 1. The molecule has 0 amide bonds. The minimum Gasteiger partial charge on any atom is -0.282 e. The first-order valence-electron chi connectivity index (χ1n) is 6.86. The van der Waals surface area contributed by atoms with Gasteiger partial charge in [0.15, 0.2) is 0 Å². The molecule has 0 bridgehead atoms. The van der Waals surface area contributed by atoms with E-state index in [0.29, 0.717) is 5.39 Å². The van der Waals surface area contributed by atoms with Crippen molar-refractivity contribution in [1.82, 2.24) is 5.53 Å². The van der Waals surface area contributed by atoms with Crippen LogP contribution in [-0.2, 0) is 10.1 Å². The molecule has 0 aliphatic heterocycles. The molecule has 0 fully saturated rings. The first kappa shape index (κ1) is 15.9. The topological polar surface area (TPSA) is 114 Å². The highest BCUT2D eigenvalue weighted by Crippen LogP contribution is 2.35. The predicted molar refractivity (Wildman–Crippen MR) is 88.6 cm³/mol. The average molecular weight is 339 g/mol. The van der Waals surface area contributed by atoms with Gasteiger partial charge in [0.2, 0.25) is 0 Å². The molecule has 0 aliphatic rings. The van der Waals surface area contributed by atoms with Gasteiger partial charge in [-0.15, -0.1) is 15.3 Å². The standard InChI is InChI=1S/C16H11N4O3S/c17-18-13-7-3-4-8-14(13)19-20-16-12-6-2-1-5-11(12)9-10-15(16)24(21,22)23/h1-10H,(H,21,22,23). The number of hydrogen-bond acceptors (Lipinski definition) is 5. The molecule has 1 radical (unpaired) electrons. The Labute approximate surface area is 137 Å². The van der Waals surface area contributed by atoms with Crippen LogP contribution in [0, 0.1) is 0 Å². The Morgan fingerprint density at radius 1 is 0.833 bits per heavy atom. The van der Waals surface area contributed by atoms with Crippen molar-refractivity contribution in [2.75, 3.05) is 0 Å². The van der Waals surface area contributed by atoms with Gasteiger partial charge >= 0.3 is 0 Å². The Kier molecular flexibility index (Phi) is 4.15. The van der Waals surface area contributed by atoms with Crippen LogP contribution in [0.1, 0.15) is 0 Å². The second-order valence-corrected chi connectivity index (χ2v) is 6.29. The van der Waals surface area contributed by atoms with E-state index in [1.807, 2.05) is 0 Å². The van der Waals surface area contributed by atoms with Crippen LogP contribution in [0.15, 0.2) is 80.9 Å². The molecule has 3 rings (SSSR count). The van der Waals surface area contributed by atoms with E-state index >= 15 is 0 Å². The molecule has 7 nitrogen and oxygen atoms in total. The number of benzene rings is 3. The number of fused-ring (bicyclic) bond motifs is 1. The van der Waals surface area contributed by atoms with Crippen molar-refractivity contribution in [2.45, 2.75) is 4.90 Å². The Morgan fingerprint density at radius 2 is 1.50 bits per heavy atom. The van der Waals surface area contributed by atoms with Gasteiger partial charge < -0.3 is 0 Å². The van der Waals surface area contributed by atoms with Crippen LogP contribution in [0.5, 0.6) is 0 Å². The molecular formula is C16H11N4O3S. The van der Waals surface area contributed by atoms with E-state index in [-0.39, 0.29) is 22.0 Å². The highest BCUT2D eigenvalue weighted by atomic mass is 32.2. The largest absolute Gasteiger partial charge is 0.296 e. The zero-order valence-electron chi connectivity index (χ0n) is 12.2. The summed E-state index contributed by atoms with van der Waals surface area (Å²) in [7, 11) is -4.47. The zero-order valence-corrected chi connectivity index (χ0v) is 13.1. The Bertz CT molecular complexity index is 1060. The molecule has 0 aliphatic carbocycles. The van der Waals surface area contributed by atoms with Crippen molar-refractivity contribution < 1.29 is 13.0 Å². The van der Waals surface area contributed by atoms with Crippen molar-refractivity contribution in [2.24, 2.45) is 15.3 Å². The summed E-state index contributed by atoms with van der Waals surface area (Å²) >= 11 is 0. The summed E-state index contributed by atoms with van der Waals surface area (Å²) in [6.45, 7) is 0. The minimum absolute atomic E-state index is 0.0170. The lowest BCUT2D eigenvalue weighted by molar-refractivity contribution is 0.483. The summed E-state index contributed by atoms with van der Waals surface area (Å²) < 4.78 is 32.7. The molecule has 0 atom stereocenters. The van der Waals surface area contributed by atoms with Gasteiger partial charge in [-0.2, -0.15) is 8.42 Å². The van der Waals surface area contributed by atoms with Gasteiger partial charge in [0, 0.05) is 5.39 Å². The maximum Gasteiger partial charge on any atom is 0.296 e.